The fourth-order valence-electron chi connectivity index (χ4n) is 3.38. The molecule has 0 bridgehead atoms. The number of Topliss-reactive ketones (excluding diaryl/α,β-unsaturated/α-hetero) is 1. The largest absolute Gasteiger partial charge is 0.488 e. The van der Waals surface area contributed by atoms with E-state index in [2.05, 4.69) is 28.2 Å². The molecular weight excluding hydrogens is 384 g/mol. The minimum Gasteiger partial charge on any atom is -0.488 e. The number of rotatable bonds is 9. The average molecular weight is 409 g/mol. The van der Waals surface area contributed by atoms with Crippen molar-refractivity contribution in [1.82, 2.24) is 9.97 Å². The van der Waals surface area contributed by atoms with E-state index < -0.39 is 0 Å². The van der Waals surface area contributed by atoms with Gasteiger partial charge in [0.15, 0.2) is 0 Å². The van der Waals surface area contributed by atoms with Crippen LogP contribution in [0.25, 0.3) is 11.1 Å². The maximum absolute atomic E-state index is 12.3. The van der Waals surface area contributed by atoms with Crippen LogP contribution in [0.4, 0.5) is 0 Å². The number of carbonyl (C=O) groups is 1. The van der Waals surface area contributed by atoms with Crippen LogP contribution in [0.1, 0.15) is 23.2 Å². The smallest absolute Gasteiger partial charge is 0.139 e. The van der Waals surface area contributed by atoms with Gasteiger partial charge in [-0.05, 0) is 35.7 Å². The van der Waals surface area contributed by atoms with E-state index in [4.69, 9.17) is 4.74 Å². The van der Waals surface area contributed by atoms with Crippen molar-refractivity contribution in [3.8, 4) is 16.9 Å². The summed E-state index contributed by atoms with van der Waals surface area (Å²) in [5.41, 5.74) is 5.01. The van der Waals surface area contributed by atoms with E-state index in [0.717, 1.165) is 33.7 Å². The molecule has 0 aliphatic rings. The van der Waals surface area contributed by atoms with E-state index in [1.807, 2.05) is 60.7 Å². The highest BCUT2D eigenvalue weighted by Crippen LogP contribution is 2.30. The van der Waals surface area contributed by atoms with Crippen molar-refractivity contribution in [2.45, 2.75) is 25.9 Å². The van der Waals surface area contributed by atoms with Gasteiger partial charge in [-0.1, -0.05) is 60.7 Å². The number of pyridine rings is 2. The van der Waals surface area contributed by atoms with Crippen LogP contribution >= 0.6 is 0 Å². The highest BCUT2D eigenvalue weighted by Gasteiger charge is 2.08. The number of para-hydroxylation sites is 1. The number of benzene rings is 2. The van der Waals surface area contributed by atoms with Gasteiger partial charge in [0.2, 0.25) is 0 Å². The van der Waals surface area contributed by atoms with Crippen molar-refractivity contribution in [1.29, 1.82) is 0 Å². The molecule has 0 radical (unpaired) electrons. The van der Waals surface area contributed by atoms with E-state index in [0.29, 0.717) is 25.9 Å². The number of carbonyl (C=O) groups excluding carboxylic acids is 1. The van der Waals surface area contributed by atoms with Crippen molar-refractivity contribution >= 4 is 5.78 Å². The van der Waals surface area contributed by atoms with Crippen LogP contribution in [0, 0.1) is 0 Å². The van der Waals surface area contributed by atoms with E-state index in [1.54, 1.807) is 18.6 Å². The Morgan fingerprint density at radius 3 is 2.42 bits per heavy atom. The highest BCUT2D eigenvalue weighted by atomic mass is 16.5. The third-order valence-corrected chi connectivity index (χ3v) is 5.05. The lowest BCUT2D eigenvalue weighted by Gasteiger charge is -2.12. The molecule has 2 aromatic heterocycles. The van der Waals surface area contributed by atoms with Crippen LogP contribution in [0.5, 0.6) is 5.75 Å². The van der Waals surface area contributed by atoms with E-state index in [9.17, 15) is 4.79 Å². The molecule has 2 aromatic carbocycles. The Morgan fingerprint density at radius 2 is 1.65 bits per heavy atom. The molecule has 0 saturated heterocycles. The van der Waals surface area contributed by atoms with Gasteiger partial charge >= 0.3 is 0 Å². The Morgan fingerprint density at radius 1 is 0.806 bits per heavy atom. The molecule has 0 aliphatic heterocycles. The lowest BCUT2D eigenvalue weighted by atomic mass is 10.0. The molecule has 2 heterocycles. The van der Waals surface area contributed by atoms with Gasteiger partial charge in [-0.15, -0.1) is 0 Å². The molecule has 4 nitrogen and oxygen atoms in total. The van der Waals surface area contributed by atoms with E-state index in [-0.39, 0.29) is 5.78 Å². The number of ketones is 1. The molecule has 4 heteroatoms. The minimum absolute atomic E-state index is 0.178. The lowest BCUT2D eigenvalue weighted by Crippen LogP contribution is -2.06. The second-order valence-electron chi connectivity index (χ2n) is 7.39. The lowest BCUT2D eigenvalue weighted by molar-refractivity contribution is -0.118. The first kappa shape index (κ1) is 20.5. The molecule has 0 unspecified atom stereocenters. The van der Waals surface area contributed by atoms with Crippen LogP contribution in [-0.4, -0.2) is 15.8 Å². The number of aromatic nitrogens is 2. The predicted molar refractivity (Wildman–Crippen MR) is 122 cm³/mol. The summed E-state index contributed by atoms with van der Waals surface area (Å²) in [6.45, 7) is 0.423. The Kier molecular flexibility index (Phi) is 6.81. The molecule has 154 valence electrons. The van der Waals surface area contributed by atoms with Gasteiger partial charge in [0.25, 0.3) is 0 Å². The van der Waals surface area contributed by atoms with Crippen molar-refractivity contribution in [3.63, 3.8) is 0 Å². The van der Waals surface area contributed by atoms with E-state index in [1.165, 1.54) is 0 Å². The minimum atomic E-state index is 0.178. The molecule has 0 saturated carbocycles. The third-order valence-electron chi connectivity index (χ3n) is 5.05. The van der Waals surface area contributed by atoms with Gasteiger partial charge < -0.3 is 4.74 Å². The fourth-order valence-corrected chi connectivity index (χ4v) is 3.38. The molecule has 0 spiro atoms. The zero-order chi connectivity index (χ0) is 21.3. The molecule has 0 fully saturated rings. The van der Waals surface area contributed by atoms with Crippen molar-refractivity contribution in [2.75, 3.05) is 0 Å². The van der Waals surface area contributed by atoms with Gasteiger partial charge in [-0.2, -0.15) is 0 Å². The summed E-state index contributed by atoms with van der Waals surface area (Å²) < 4.78 is 6.07. The normalized spacial score (nSPS) is 10.6. The Balaban J connectivity index is 1.32. The SMILES string of the molecule is O=C(CCc1cccnc1)Cc1ccc(COc2ccccc2-c2ccccc2)cn1. The molecule has 4 rings (SSSR count). The average Bonchev–Trinajstić information content (AvgIpc) is 2.84. The first-order chi connectivity index (χ1) is 15.3. The van der Waals surface area contributed by atoms with Gasteiger partial charge in [-0.3, -0.25) is 14.8 Å². The standard InChI is InChI=1S/C27H24N2O2/c30-25(15-13-21-7-6-16-28-18-21)17-24-14-12-22(19-29-24)20-31-27-11-5-4-10-26(27)23-8-2-1-3-9-23/h1-12,14,16,18-19H,13,15,17,20H2. The monoisotopic (exact) mass is 408 g/mol. The summed E-state index contributed by atoms with van der Waals surface area (Å²) in [5.74, 6) is 1.01. The van der Waals surface area contributed by atoms with Gasteiger partial charge in [0.05, 0.1) is 0 Å². The summed E-state index contributed by atoms with van der Waals surface area (Å²) in [7, 11) is 0. The second-order valence-corrected chi connectivity index (χ2v) is 7.39. The van der Waals surface area contributed by atoms with Crippen LogP contribution in [0.2, 0.25) is 0 Å². The van der Waals surface area contributed by atoms with Crippen molar-refractivity contribution in [2.24, 2.45) is 0 Å². The van der Waals surface area contributed by atoms with Crippen LogP contribution < -0.4 is 4.74 Å². The maximum Gasteiger partial charge on any atom is 0.139 e. The van der Waals surface area contributed by atoms with Crippen LogP contribution in [0.15, 0.2) is 97.5 Å². The zero-order valence-corrected chi connectivity index (χ0v) is 17.3. The first-order valence-electron chi connectivity index (χ1n) is 10.4. The molecule has 31 heavy (non-hydrogen) atoms. The molecular formula is C27H24N2O2. The summed E-state index contributed by atoms with van der Waals surface area (Å²) in [6, 6.07) is 26.0. The summed E-state index contributed by atoms with van der Waals surface area (Å²) in [5, 5.41) is 0. The van der Waals surface area contributed by atoms with Crippen molar-refractivity contribution < 1.29 is 9.53 Å². The first-order valence-corrected chi connectivity index (χ1v) is 10.4. The van der Waals surface area contributed by atoms with Gasteiger partial charge in [0, 0.05) is 48.3 Å². The van der Waals surface area contributed by atoms with Crippen LogP contribution in [0.3, 0.4) is 0 Å². The zero-order valence-electron chi connectivity index (χ0n) is 17.3. The topological polar surface area (TPSA) is 52.1 Å². The maximum atomic E-state index is 12.3. The Hall–Kier alpha value is -3.79. The molecule has 0 aliphatic carbocycles. The second kappa shape index (κ2) is 10.3. The Labute approximate surface area is 182 Å². The number of aryl methyl sites for hydroxylation is 1. The summed E-state index contributed by atoms with van der Waals surface area (Å²) >= 11 is 0. The summed E-state index contributed by atoms with van der Waals surface area (Å²) in [6.07, 6.45) is 6.87. The molecule has 4 aromatic rings. The van der Waals surface area contributed by atoms with Crippen LogP contribution in [-0.2, 0) is 24.2 Å². The van der Waals surface area contributed by atoms with Gasteiger partial charge in [-0.25, -0.2) is 0 Å². The highest BCUT2D eigenvalue weighted by molar-refractivity contribution is 5.80. The number of hydrogen-bond donors (Lipinski definition) is 0. The number of nitrogens with zero attached hydrogens (tertiary/aromatic N) is 2. The summed E-state index contributed by atoms with van der Waals surface area (Å²) in [4.78, 5) is 20.8. The third kappa shape index (κ3) is 5.86. The fraction of sp³-hybridized carbons (Fsp3) is 0.148. The molecule has 0 N–H and O–H groups in total. The van der Waals surface area contributed by atoms with E-state index >= 15 is 0 Å². The Bertz CT molecular complexity index is 1110. The molecule has 0 amide bonds. The molecule has 0 atom stereocenters. The van der Waals surface area contributed by atoms with Crippen molar-refractivity contribution in [3.05, 3.63) is 114 Å². The predicted octanol–water partition coefficient (Wildman–Crippen LogP) is 5.47. The number of hydrogen-bond acceptors (Lipinski definition) is 4. The number of ether oxygens (including phenoxy) is 1. The van der Waals surface area contributed by atoms with Gasteiger partial charge in [0.1, 0.15) is 18.1 Å². The quantitative estimate of drug-likeness (QED) is 0.369.